The van der Waals surface area contributed by atoms with Crippen LogP contribution in [0.5, 0.6) is 5.75 Å². The maximum atomic E-state index is 13.1. The third kappa shape index (κ3) is 7.47. The molecule has 1 atom stereocenters. The van der Waals surface area contributed by atoms with Crippen molar-refractivity contribution in [3.63, 3.8) is 0 Å². The second-order valence-corrected chi connectivity index (χ2v) is 8.04. The van der Waals surface area contributed by atoms with Crippen molar-refractivity contribution in [3.05, 3.63) is 29.3 Å². The summed E-state index contributed by atoms with van der Waals surface area (Å²) in [6.45, 7) is 7.52. The van der Waals surface area contributed by atoms with Gasteiger partial charge in [0.25, 0.3) is 11.8 Å². The standard InChI is InChI=1S/C25H35NO7/c1-4-6-13-31-14-15-32-16-17-33-22-10-7-9-20-23(22)25(30)26(24(20)29)21(18(3)27)12-11-19(28)8-5-2/h7,9-10,21H,4-6,8,11-17H2,1-3H3. The molecule has 0 spiro atoms. The normalized spacial score (nSPS) is 13.8. The smallest absolute Gasteiger partial charge is 0.266 e. The summed E-state index contributed by atoms with van der Waals surface area (Å²) in [5.41, 5.74) is 0.352. The first kappa shape index (κ1) is 26.7. The lowest BCUT2D eigenvalue weighted by Gasteiger charge is -2.23. The van der Waals surface area contributed by atoms with Crippen molar-refractivity contribution in [3.8, 4) is 5.75 Å². The fraction of sp³-hybridized carbons (Fsp3) is 0.600. The first-order valence-electron chi connectivity index (χ1n) is 11.7. The van der Waals surface area contributed by atoms with Crippen LogP contribution in [0.25, 0.3) is 0 Å². The van der Waals surface area contributed by atoms with Crippen LogP contribution in [0.2, 0.25) is 0 Å². The zero-order valence-corrected chi connectivity index (χ0v) is 19.9. The fourth-order valence-corrected chi connectivity index (χ4v) is 3.67. The van der Waals surface area contributed by atoms with Crippen molar-refractivity contribution in [2.24, 2.45) is 0 Å². The van der Waals surface area contributed by atoms with Gasteiger partial charge in [-0.3, -0.25) is 24.1 Å². The van der Waals surface area contributed by atoms with E-state index in [4.69, 9.17) is 14.2 Å². The van der Waals surface area contributed by atoms with Crippen molar-refractivity contribution in [1.29, 1.82) is 0 Å². The minimum absolute atomic E-state index is 0.0140. The van der Waals surface area contributed by atoms with Gasteiger partial charge in [0.05, 0.1) is 37.0 Å². The van der Waals surface area contributed by atoms with E-state index in [9.17, 15) is 19.2 Å². The maximum absolute atomic E-state index is 13.1. The van der Waals surface area contributed by atoms with Crippen LogP contribution in [0.1, 0.15) is 80.0 Å². The summed E-state index contributed by atoms with van der Waals surface area (Å²) in [7, 11) is 0. The molecule has 0 aliphatic carbocycles. The second-order valence-electron chi connectivity index (χ2n) is 8.04. The Morgan fingerprint density at radius 2 is 1.61 bits per heavy atom. The third-order valence-electron chi connectivity index (χ3n) is 5.41. The Hall–Kier alpha value is -2.58. The topological polar surface area (TPSA) is 99.2 Å². The predicted octanol–water partition coefficient (Wildman–Crippen LogP) is 3.60. The highest BCUT2D eigenvalue weighted by molar-refractivity contribution is 6.24. The van der Waals surface area contributed by atoms with Crippen LogP contribution >= 0.6 is 0 Å². The van der Waals surface area contributed by atoms with Crippen LogP contribution in [0.4, 0.5) is 0 Å². The lowest BCUT2D eigenvalue weighted by molar-refractivity contribution is -0.122. The zero-order chi connectivity index (χ0) is 24.2. The molecule has 2 amide bonds. The summed E-state index contributed by atoms with van der Waals surface area (Å²) in [6, 6.07) is 3.84. The number of fused-ring (bicyclic) bond motifs is 1. The highest BCUT2D eigenvalue weighted by Crippen LogP contribution is 2.33. The third-order valence-corrected chi connectivity index (χ3v) is 5.41. The van der Waals surface area contributed by atoms with E-state index in [-0.39, 0.29) is 47.9 Å². The average molecular weight is 462 g/mol. The van der Waals surface area contributed by atoms with Gasteiger partial charge in [0, 0.05) is 19.4 Å². The van der Waals surface area contributed by atoms with Gasteiger partial charge in [-0.05, 0) is 38.3 Å². The number of benzene rings is 1. The van der Waals surface area contributed by atoms with E-state index in [0.29, 0.717) is 39.3 Å². The largest absolute Gasteiger partial charge is 0.490 e. The molecule has 0 radical (unpaired) electrons. The number of Topliss-reactive ketones (excluding diaryl/α,β-unsaturated/α-hetero) is 2. The monoisotopic (exact) mass is 461 g/mol. The van der Waals surface area contributed by atoms with Gasteiger partial charge in [0.2, 0.25) is 0 Å². The molecule has 33 heavy (non-hydrogen) atoms. The van der Waals surface area contributed by atoms with E-state index in [2.05, 4.69) is 6.92 Å². The van der Waals surface area contributed by atoms with Crippen molar-refractivity contribution in [1.82, 2.24) is 4.90 Å². The highest BCUT2D eigenvalue weighted by Gasteiger charge is 2.43. The molecule has 182 valence electrons. The van der Waals surface area contributed by atoms with Gasteiger partial charge in [-0.2, -0.15) is 0 Å². The van der Waals surface area contributed by atoms with Gasteiger partial charge in [-0.1, -0.05) is 26.3 Å². The SMILES string of the molecule is CCCCOCCOCCOc1cccc2c1C(=O)N(C(CCC(=O)CCC)C(C)=O)C2=O. The number of carbonyl (C=O) groups excluding carboxylic acids is 4. The summed E-state index contributed by atoms with van der Waals surface area (Å²) in [6.07, 6.45) is 3.51. The molecule has 1 aromatic rings. The Labute approximate surface area is 195 Å². The Kier molecular flexibility index (Phi) is 11.2. The van der Waals surface area contributed by atoms with E-state index >= 15 is 0 Å². The number of nitrogens with zero attached hydrogens (tertiary/aromatic N) is 1. The zero-order valence-electron chi connectivity index (χ0n) is 19.9. The van der Waals surface area contributed by atoms with Gasteiger partial charge in [0.1, 0.15) is 18.1 Å². The maximum Gasteiger partial charge on any atom is 0.266 e. The van der Waals surface area contributed by atoms with Crippen molar-refractivity contribution in [2.75, 3.05) is 33.0 Å². The van der Waals surface area contributed by atoms with Crippen LogP contribution in [-0.2, 0) is 19.1 Å². The summed E-state index contributed by atoms with van der Waals surface area (Å²) in [5, 5.41) is 0. The predicted molar refractivity (Wildman–Crippen MR) is 123 cm³/mol. The van der Waals surface area contributed by atoms with Crippen LogP contribution < -0.4 is 4.74 Å². The number of unbranched alkanes of at least 4 members (excludes halogenated alkanes) is 1. The molecule has 0 fully saturated rings. The van der Waals surface area contributed by atoms with Crippen LogP contribution in [0.15, 0.2) is 18.2 Å². The Morgan fingerprint density at radius 1 is 0.909 bits per heavy atom. The molecule has 1 unspecified atom stereocenters. The molecule has 0 N–H and O–H groups in total. The number of imide groups is 1. The van der Waals surface area contributed by atoms with E-state index in [1.54, 1.807) is 18.2 Å². The van der Waals surface area contributed by atoms with Gasteiger partial charge >= 0.3 is 0 Å². The van der Waals surface area contributed by atoms with E-state index in [0.717, 1.165) is 17.7 Å². The number of hydrogen-bond acceptors (Lipinski definition) is 7. The molecule has 8 heteroatoms. The van der Waals surface area contributed by atoms with Crippen LogP contribution in [-0.4, -0.2) is 67.4 Å². The summed E-state index contributed by atoms with van der Waals surface area (Å²) in [5.74, 6) is -1.14. The quantitative estimate of drug-likeness (QED) is 0.258. The molecule has 2 rings (SSSR count). The van der Waals surface area contributed by atoms with Gasteiger partial charge in [0.15, 0.2) is 5.78 Å². The van der Waals surface area contributed by atoms with Crippen molar-refractivity contribution in [2.45, 2.75) is 65.3 Å². The van der Waals surface area contributed by atoms with E-state index < -0.39 is 17.9 Å². The Balaban J connectivity index is 1.98. The summed E-state index contributed by atoms with van der Waals surface area (Å²) in [4.78, 5) is 51.3. The number of carbonyl (C=O) groups is 4. The molecule has 0 bridgehead atoms. The molecule has 8 nitrogen and oxygen atoms in total. The van der Waals surface area contributed by atoms with Crippen LogP contribution in [0.3, 0.4) is 0 Å². The second kappa shape index (κ2) is 13.9. The Morgan fingerprint density at radius 3 is 2.27 bits per heavy atom. The molecule has 1 heterocycles. The highest BCUT2D eigenvalue weighted by atomic mass is 16.5. The molecule has 0 saturated carbocycles. The van der Waals surface area contributed by atoms with Gasteiger partial charge in [-0.25, -0.2) is 0 Å². The number of ketones is 2. The molecule has 1 aromatic carbocycles. The van der Waals surface area contributed by atoms with Crippen LogP contribution in [0, 0.1) is 0 Å². The van der Waals surface area contributed by atoms with E-state index in [1.165, 1.54) is 6.92 Å². The van der Waals surface area contributed by atoms with Crippen molar-refractivity contribution >= 4 is 23.4 Å². The minimum Gasteiger partial charge on any atom is -0.490 e. The molecule has 0 saturated heterocycles. The lowest BCUT2D eigenvalue weighted by atomic mass is 10.0. The lowest BCUT2D eigenvalue weighted by Crippen LogP contribution is -2.44. The number of ether oxygens (including phenoxy) is 3. The molecular formula is C25H35NO7. The molecule has 0 aromatic heterocycles. The first-order valence-corrected chi connectivity index (χ1v) is 11.7. The number of hydrogen-bond donors (Lipinski definition) is 0. The van der Waals surface area contributed by atoms with Gasteiger partial charge < -0.3 is 14.2 Å². The molecule has 1 aliphatic rings. The minimum atomic E-state index is -0.970. The summed E-state index contributed by atoms with van der Waals surface area (Å²) >= 11 is 0. The van der Waals surface area contributed by atoms with E-state index in [1.807, 2.05) is 6.92 Å². The van der Waals surface area contributed by atoms with Gasteiger partial charge in [-0.15, -0.1) is 0 Å². The first-order chi connectivity index (χ1) is 15.9. The number of rotatable bonds is 17. The summed E-state index contributed by atoms with van der Waals surface area (Å²) < 4.78 is 16.6. The average Bonchev–Trinajstić information content (AvgIpc) is 3.04. The number of amides is 2. The molecular weight excluding hydrogens is 426 g/mol. The fourth-order valence-electron chi connectivity index (χ4n) is 3.67. The Bertz CT molecular complexity index is 836. The van der Waals surface area contributed by atoms with Crippen molar-refractivity contribution < 1.29 is 33.4 Å². The molecule has 1 aliphatic heterocycles.